The van der Waals surface area contributed by atoms with Crippen LogP contribution in [0.4, 0.5) is 10.5 Å². The molecular weight excluding hydrogens is 320 g/mol. The molecule has 6 nitrogen and oxygen atoms in total. The van der Waals surface area contributed by atoms with Gasteiger partial charge in [-0.1, -0.05) is 11.6 Å². The predicted molar refractivity (Wildman–Crippen MR) is 88.3 cm³/mol. The summed E-state index contributed by atoms with van der Waals surface area (Å²) in [6, 6.07) is 11.7. The maximum Gasteiger partial charge on any atom is 0.345 e. The average molecular weight is 337 g/mol. The van der Waals surface area contributed by atoms with Gasteiger partial charge in [-0.2, -0.15) is 0 Å². The molecule has 0 spiro atoms. The van der Waals surface area contributed by atoms with Gasteiger partial charge < -0.3 is 14.8 Å². The number of rotatable bonds is 5. The summed E-state index contributed by atoms with van der Waals surface area (Å²) in [7, 11) is 4.50. The van der Waals surface area contributed by atoms with Crippen molar-refractivity contribution in [2.45, 2.75) is 0 Å². The molecule has 7 heteroatoms. The fourth-order valence-electron chi connectivity index (χ4n) is 1.72. The van der Waals surface area contributed by atoms with Crippen LogP contribution in [-0.2, 0) is 4.84 Å². The highest BCUT2D eigenvalue weighted by atomic mass is 35.5. The molecule has 0 heterocycles. The molecular formula is C16H17ClN2O4. The number of carbonyl (C=O) groups is 1. The van der Waals surface area contributed by atoms with Gasteiger partial charge in [0.05, 0.1) is 19.2 Å². The molecule has 0 radical (unpaired) electrons. The van der Waals surface area contributed by atoms with Gasteiger partial charge in [-0.15, -0.1) is 0 Å². The molecule has 2 aromatic rings. The van der Waals surface area contributed by atoms with Crippen LogP contribution in [0.1, 0.15) is 0 Å². The van der Waals surface area contributed by atoms with Gasteiger partial charge in [0.15, 0.2) is 0 Å². The highest BCUT2D eigenvalue weighted by Crippen LogP contribution is 2.32. The van der Waals surface area contributed by atoms with Gasteiger partial charge in [-0.05, 0) is 42.5 Å². The Morgan fingerprint density at radius 2 is 1.74 bits per heavy atom. The summed E-state index contributed by atoms with van der Waals surface area (Å²) in [6.07, 6.45) is 0. The largest absolute Gasteiger partial charge is 0.497 e. The van der Waals surface area contributed by atoms with E-state index in [0.717, 1.165) is 10.8 Å². The number of carbonyl (C=O) groups excluding carboxylic acids is 1. The average Bonchev–Trinajstić information content (AvgIpc) is 2.57. The minimum Gasteiger partial charge on any atom is -0.497 e. The lowest BCUT2D eigenvalue weighted by atomic mass is 10.3. The molecule has 0 aromatic heterocycles. The molecule has 2 aromatic carbocycles. The number of urea groups is 1. The second-order valence-electron chi connectivity index (χ2n) is 4.53. The summed E-state index contributed by atoms with van der Waals surface area (Å²) in [5.41, 5.74) is 0.533. The Hall–Kier alpha value is -2.44. The maximum absolute atomic E-state index is 11.7. The second kappa shape index (κ2) is 7.71. The molecule has 0 bridgehead atoms. The Balaban J connectivity index is 2.08. The molecule has 0 atom stereocenters. The number of benzene rings is 2. The lowest BCUT2D eigenvalue weighted by Gasteiger charge is -2.15. The standard InChI is InChI=1S/C16H17ClN2O4/c1-19(22-3)16(20)18-11-4-9-15(14(17)10-11)23-13-7-5-12(21-2)6-8-13/h4-10H,1-3H3,(H,18,20). The monoisotopic (exact) mass is 336 g/mol. The number of nitrogens with zero attached hydrogens (tertiary/aromatic N) is 1. The van der Waals surface area contributed by atoms with Crippen molar-refractivity contribution in [2.75, 3.05) is 26.6 Å². The number of ether oxygens (including phenoxy) is 2. The first-order chi connectivity index (χ1) is 11.0. The lowest BCUT2D eigenvalue weighted by Crippen LogP contribution is -2.30. The summed E-state index contributed by atoms with van der Waals surface area (Å²) in [6.45, 7) is 0. The first kappa shape index (κ1) is 16.9. The van der Waals surface area contributed by atoms with Crippen LogP contribution in [0.25, 0.3) is 0 Å². The van der Waals surface area contributed by atoms with E-state index < -0.39 is 6.03 Å². The number of methoxy groups -OCH3 is 1. The van der Waals surface area contributed by atoms with Crippen LogP contribution in [0.15, 0.2) is 42.5 Å². The van der Waals surface area contributed by atoms with E-state index in [-0.39, 0.29) is 0 Å². The number of hydrogen-bond acceptors (Lipinski definition) is 4. The van der Waals surface area contributed by atoms with E-state index in [1.54, 1.807) is 49.6 Å². The number of nitrogens with one attached hydrogen (secondary N) is 1. The number of halogens is 1. The van der Waals surface area contributed by atoms with Crippen molar-refractivity contribution in [2.24, 2.45) is 0 Å². The quantitative estimate of drug-likeness (QED) is 0.833. The smallest absolute Gasteiger partial charge is 0.345 e. The highest BCUT2D eigenvalue weighted by molar-refractivity contribution is 6.32. The van der Waals surface area contributed by atoms with Gasteiger partial charge in [0, 0.05) is 12.7 Å². The summed E-state index contributed by atoms with van der Waals surface area (Å²) in [5.74, 6) is 1.85. The summed E-state index contributed by atoms with van der Waals surface area (Å²) in [5, 5.41) is 4.08. The van der Waals surface area contributed by atoms with Crippen molar-refractivity contribution in [1.82, 2.24) is 5.06 Å². The number of hydrogen-bond donors (Lipinski definition) is 1. The summed E-state index contributed by atoms with van der Waals surface area (Å²) < 4.78 is 10.8. The molecule has 0 aliphatic heterocycles. The molecule has 1 N–H and O–H groups in total. The van der Waals surface area contributed by atoms with Crippen LogP contribution < -0.4 is 14.8 Å². The third-order valence-corrected chi connectivity index (χ3v) is 3.33. The zero-order valence-electron chi connectivity index (χ0n) is 13.0. The minimum atomic E-state index is -0.410. The first-order valence-corrected chi connectivity index (χ1v) is 7.11. The Bertz CT molecular complexity index is 676. The normalized spacial score (nSPS) is 10.1. The molecule has 122 valence electrons. The molecule has 23 heavy (non-hydrogen) atoms. The zero-order valence-corrected chi connectivity index (χ0v) is 13.8. The third-order valence-electron chi connectivity index (χ3n) is 3.03. The van der Waals surface area contributed by atoms with Crippen LogP contribution in [-0.4, -0.2) is 32.4 Å². The SMILES string of the molecule is COc1ccc(Oc2ccc(NC(=O)N(C)OC)cc2Cl)cc1. The van der Waals surface area contributed by atoms with Crippen molar-refractivity contribution in [1.29, 1.82) is 0 Å². The van der Waals surface area contributed by atoms with E-state index in [4.69, 9.17) is 25.9 Å². The summed E-state index contributed by atoms with van der Waals surface area (Å²) in [4.78, 5) is 16.5. The topological polar surface area (TPSA) is 60.0 Å². The Labute approximate surface area is 139 Å². The lowest BCUT2D eigenvalue weighted by molar-refractivity contribution is -0.0598. The number of amides is 2. The minimum absolute atomic E-state index is 0.374. The molecule has 0 aliphatic rings. The zero-order chi connectivity index (χ0) is 16.8. The number of anilines is 1. The molecule has 2 amide bonds. The third kappa shape index (κ3) is 4.51. The molecule has 0 fully saturated rings. The van der Waals surface area contributed by atoms with E-state index in [2.05, 4.69) is 5.32 Å². The maximum atomic E-state index is 11.7. The van der Waals surface area contributed by atoms with Gasteiger partial charge in [0.1, 0.15) is 17.2 Å². The fraction of sp³-hybridized carbons (Fsp3) is 0.188. The van der Waals surface area contributed by atoms with E-state index >= 15 is 0 Å². The van der Waals surface area contributed by atoms with Crippen LogP contribution in [0.2, 0.25) is 5.02 Å². The molecule has 0 saturated carbocycles. The van der Waals surface area contributed by atoms with Crippen LogP contribution in [0.3, 0.4) is 0 Å². The van der Waals surface area contributed by atoms with Gasteiger partial charge in [-0.3, -0.25) is 4.84 Å². The van der Waals surface area contributed by atoms with E-state index in [1.165, 1.54) is 14.2 Å². The van der Waals surface area contributed by atoms with E-state index in [1.807, 2.05) is 0 Å². The fourth-order valence-corrected chi connectivity index (χ4v) is 1.94. The van der Waals surface area contributed by atoms with Gasteiger partial charge in [-0.25, -0.2) is 9.86 Å². The molecule has 2 rings (SSSR count). The van der Waals surface area contributed by atoms with Crippen molar-refractivity contribution in [3.63, 3.8) is 0 Å². The molecule has 0 unspecified atom stereocenters. The first-order valence-electron chi connectivity index (χ1n) is 6.73. The second-order valence-corrected chi connectivity index (χ2v) is 4.94. The Morgan fingerprint density at radius 3 is 2.30 bits per heavy atom. The van der Waals surface area contributed by atoms with Crippen LogP contribution in [0, 0.1) is 0 Å². The van der Waals surface area contributed by atoms with E-state index in [0.29, 0.717) is 22.2 Å². The van der Waals surface area contributed by atoms with Crippen molar-refractivity contribution < 1.29 is 19.1 Å². The molecule has 0 saturated heterocycles. The van der Waals surface area contributed by atoms with Crippen LogP contribution in [0.5, 0.6) is 17.2 Å². The van der Waals surface area contributed by atoms with Crippen LogP contribution >= 0.6 is 11.6 Å². The predicted octanol–water partition coefficient (Wildman–Crippen LogP) is 4.17. The van der Waals surface area contributed by atoms with Crippen molar-refractivity contribution in [3.05, 3.63) is 47.5 Å². The highest BCUT2D eigenvalue weighted by Gasteiger charge is 2.10. The van der Waals surface area contributed by atoms with E-state index in [9.17, 15) is 4.79 Å². The Morgan fingerprint density at radius 1 is 1.09 bits per heavy atom. The Kier molecular flexibility index (Phi) is 5.67. The molecule has 0 aliphatic carbocycles. The van der Waals surface area contributed by atoms with Crippen molar-refractivity contribution in [3.8, 4) is 17.2 Å². The number of hydroxylamine groups is 2. The van der Waals surface area contributed by atoms with Gasteiger partial charge >= 0.3 is 6.03 Å². The van der Waals surface area contributed by atoms with Gasteiger partial charge in [0.2, 0.25) is 0 Å². The van der Waals surface area contributed by atoms with Crippen molar-refractivity contribution >= 4 is 23.3 Å². The van der Waals surface area contributed by atoms with Gasteiger partial charge in [0.25, 0.3) is 0 Å². The summed E-state index contributed by atoms with van der Waals surface area (Å²) >= 11 is 6.19.